The molecule has 1 aromatic carbocycles. The lowest BCUT2D eigenvalue weighted by molar-refractivity contribution is 0.249. The van der Waals surface area contributed by atoms with Gasteiger partial charge in [0.15, 0.2) is 0 Å². The molecule has 0 bridgehead atoms. The standard InChI is InChI=1S/C14H21N3O/c1-4-11-5-7-12(8-6-11)9-14(2,3)10-16-17-13(15)18/h5-8,10H,4,9H2,1-3H3,(H3,15,17,18). The third-order valence-corrected chi connectivity index (χ3v) is 2.68. The number of primary amides is 1. The van der Waals surface area contributed by atoms with Crippen molar-refractivity contribution in [3.05, 3.63) is 35.4 Å². The summed E-state index contributed by atoms with van der Waals surface area (Å²) in [4.78, 5) is 10.5. The van der Waals surface area contributed by atoms with Crippen LogP contribution in [0.1, 0.15) is 31.9 Å². The van der Waals surface area contributed by atoms with E-state index in [0.717, 1.165) is 12.8 Å². The molecule has 0 aromatic heterocycles. The molecule has 1 rings (SSSR count). The lowest BCUT2D eigenvalue weighted by Gasteiger charge is -2.19. The van der Waals surface area contributed by atoms with E-state index < -0.39 is 6.03 Å². The number of aryl methyl sites for hydroxylation is 1. The molecule has 4 heteroatoms. The number of carbonyl (C=O) groups excluding carboxylic acids is 1. The van der Waals surface area contributed by atoms with Crippen LogP contribution in [0.3, 0.4) is 0 Å². The van der Waals surface area contributed by atoms with Gasteiger partial charge in [-0.25, -0.2) is 10.2 Å². The predicted molar refractivity (Wildman–Crippen MR) is 74.5 cm³/mol. The van der Waals surface area contributed by atoms with Crippen LogP contribution in [0.15, 0.2) is 29.4 Å². The zero-order valence-electron chi connectivity index (χ0n) is 11.2. The van der Waals surface area contributed by atoms with Gasteiger partial charge in [0.25, 0.3) is 0 Å². The maximum absolute atomic E-state index is 10.5. The number of hydrazone groups is 1. The van der Waals surface area contributed by atoms with E-state index in [2.05, 4.69) is 55.6 Å². The van der Waals surface area contributed by atoms with Crippen LogP contribution in [0, 0.1) is 5.41 Å². The molecule has 3 N–H and O–H groups in total. The third-order valence-electron chi connectivity index (χ3n) is 2.68. The molecule has 4 nitrogen and oxygen atoms in total. The monoisotopic (exact) mass is 247 g/mol. The summed E-state index contributed by atoms with van der Waals surface area (Å²) >= 11 is 0. The van der Waals surface area contributed by atoms with Crippen LogP contribution in [-0.4, -0.2) is 12.2 Å². The Hall–Kier alpha value is -1.84. The first-order chi connectivity index (χ1) is 8.43. The summed E-state index contributed by atoms with van der Waals surface area (Å²) in [6.07, 6.45) is 3.63. The van der Waals surface area contributed by atoms with Crippen molar-refractivity contribution in [2.45, 2.75) is 33.6 Å². The molecule has 0 aliphatic heterocycles. The number of urea groups is 1. The van der Waals surface area contributed by atoms with Crippen LogP contribution in [0.25, 0.3) is 0 Å². The minimum absolute atomic E-state index is 0.129. The van der Waals surface area contributed by atoms with Crippen LogP contribution in [0.4, 0.5) is 4.79 Å². The molecule has 98 valence electrons. The summed E-state index contributed by atoms with van der Waals surface area (Å²) < 4.78 is 0. The molecule has 0 heterocycles. The summed E-state index contributed by atoms with van der Waals surface area (Å²) in [7, 11) is 0. The molecule has 1 aromatic rings. The molecule has 0 aliphatic carbocycles. The first-order valence-corrected chi connectivity index (χ1v) is 6.10. The van der Waals surface area contributed by atoms with E-state index >= 15 is 0 Å². The molecule has 2 amide bonds. The van der Waals surface area contributed by atoms with Crippen molar-refractivity contribution in [2.75, 3.05) is 0 Å². The molecule has 0 radical (unpaired) electrons. The summed E-state index contributed by atoms with van der Waals surface area (Å²) in [5.41, 5.74) is 9.61. The number of benzene rings is 1. The van der Waals surface area contributed by atoms with E-state index in [4.69, 9.17) is 5.73 Å². The SMILES string of the molecule is CCc1ccc(CC(C)(C)C=NNC(N)=O)cc1. The van der Waals surface area contributed by atoms with Crippen molar-refractivity contribution in [1.82, 2.24) is 5.43 Å². The first-order valence-electron chi connectivity index (χ1n) is 6.10. The van der Waals surface area contributed by atoms with E-state index in [-0.39, 0.29) is 5.41 Å². The third kappa shape index (κ3) is 4.99. The molecule has 0 saturated heterocycles. The number of nitrogens with zero attached hydrogens (tertiary/aromatic N) is 1. The molecule has 0 fully saturated rings. The molecule has 0 saturated carbocycles. The van der Waals surface area contributed by atoms with E-state index in [1.807, 2.05) is 0 Å². The fourth-order valence-corrected chi connectivity index (χ4v) is 1.74. The molecule has 0 spiro atoms. The van der Waals surface area contributed by atoms with Gasteiger partial charge in [-0.2, -0.15) is 5.10 Å². The van der Waals surface area contributed by atoms with Gasteiger partial charge in [-0.1, -0.05) is 45.0 Å². The Labute approximate surface area is 108 Å². The Balaban J connectivity index is 2.63. The van der Waals surface area contributed by atoms with Gasteiger partial charge in [-0.3, -0.25) is 0 Å². The van der Waals surface area contributed by atoms with Crippen molar-refractivity contribution in [2.24, 2.45) is 16.3 Å². The fourth-order valence-electron chi connectivity index (χ4n) is 1.74. The highest BCUT2D eigenvalue weighted by atomic mass is 16.2. The van der Waals surface area contributed by atoms with Gasteiger partial charge in [-0.15, -0.1) is 0 Å². The van der Waals surface area contributed by atoms with Crippen molar-refractivity contribution in [3.63, 3.8) is 0 Å². The maximum Gasteiger partial charge on any atom is 0.332 e. The smallest absolute Gasteiger partial charge is 0.332 e. The Kier molecular flexibility index (Phi) is 4.89. The van der Waals surface area contributed by atoms with Crippen LogP contribution < -0.4 is 11.2 Å². The maximum atomic E-state index is 10.5. The lowest BCUT2D eigenvalue weighted by Crippen LogP contribution is -2.26. The highest BCUT2D eigenvalue weighted by Crippen LogP contribution is 2.19. The molecule has 18 heavy (non-hydrogen) atoms. The van der Waals surface area contributed by atoms with Gasteiger partial charge in [0, 0.05) is 11.6 Å². The van der Waals surface area contributed by atoms with E-state index in [1.165, 1.54) is 11.1 Å². The Bertz CT molecular complexity index is 421. The van der Waals surface area contributed by atoms with Crippen molar-refractivity contribution < 1.29 is 4.79 Å². The number of carbonyl (C=O) groups is 1. The topological polar surface area (TPSA) is 67.5 Å². The van der Waals surface area contributed by atoms with Crippen LogP contribution in [-0.2, 0) is 12.8 Å². The van der Waals surface area contributed by atoms with Crippen molar-refractivity contribution >= 4 is 12.2 Å². The van der Waals surface area contributed by atoms with Gasteiger partial charge in [0.1, 0.15) is 0 Å². The number of hydrogen-bond acceptors (Lipinski definition) is 2. The second-order valence-corrected chi connectivity index (χ2v) is 5.07. The average Bonchev–Trinajstić information content (AvgIpc) is 2.28. The lowest BCUT2D eigenvalue weighted by atomic mass is 9.87. The Morgan fingerprint density at radius 1 is 1.33 bits per heavy atom. The molecule has 0 atom stereocenters. The normalized spacial score (nSPS) is 11.7. The molecule has 0 unspecified atom stereocenters. The number of rotatable bonds is 5. The second kappa shape index (κ2) is 6.19. The summed E-state index contributed by atoms with van der Waals surface area (Å²) in [5, 5.41) is 3.82. The second-order valence-electron chi connectivity index (χ2n) is 5.07. The fraction of sp³-hybridized carbons (Fsp3) is 0.429. The number of nitrogens with two attached hydrogens (primary N) is 1. The highest BCUT2D eigenvalue weighted by molar-refractivity contribution is 5.73. The van der Waals surface area contributed by atoms with Gasteiger partial charge in [0.05, 0.1) is 0 Å². The highest BCUT2D eigenvalue weighted by Gasteiger charge is 2.15. The van der Waals surface area contributed by atoms with Crippen molar-refractivity contribution in [3.8, 4) is 0 Å². The van der Waals surface area contributed by atoms with E-state index in [9.17, 15) is 4.79 Å². The first kappa shape index (κ1) is 14.2. The van der Waals surface area contributed by atoms with Crippen LogP contribution >= 0.6 is 0 Å². The van der Waals surface area contributed by atoms with Crippen molar-refractivity contribution in [1.29, 1.82) is 0 Å². The van der Waals surface area contributed by atoms with Gasteiger partial charge in [0.2, 0.25) is 0 Å². The summed E-state index contributed by atoms with van der Waals surface area (Å²) in [6.45, 7) is 6.26. The number of amides is 2. The Morgan fingerprint density at radius 2 is 1.89 bits per heavy atom. The Morgan fingerprint density at radius 3 is 2.39 bits per heavy atom. The van der Waals surface area contributed by atoms with Crippen LogP contribution in [0.5, 0.6) is 0 Å². The van der Waals surface area contributed by atoms with Gasteiger partial charge >= 0.3 is 6.03 Å². The van der Waals surface area contributed by atoms with Gasteiger partial charge in [-0.05, 0) is 24.0 Å². The zero-order chi connectivity index (χ0) is 13.6. The quantitative estimate of drug-likeness (QED) is 0.609. The average molecular weight is 247 g/mol. The minimum atomic E-state index is -0.644. The minimum Gasteiger partial charge on any atom is -0.350 e. The zero-order valence-corrected chi connectivity index (χ0v) is 11.2. The summed E-state index contributed by atoms with van der Waals surface area (Å²) in [6, 6.07) is 7.91. The van der Waals surface area contributed by atoms with Crippen LogP contribution in [0.2, 0.25) is 0 Å². The number of hydrogen-bond donors (Lipinski definition) is 2. The van der Waals surface area contributed by atoms with E-state index in [0.29, 0.717) is 0 Å². The largest absolute Gasteiger partial charge is 0.350 e. The number of nitrogens with one attached hydrogen (secondary N) is 1. The molecular weight excluding hydrogens is 226 g/mol. The predicted octanol–water partition coefficient (Wildman–Crippen LogP) is 2.47. The molecular formula is C14H21N3O. The van der Waals surface area contributed by atoms with Gasteiger partial charge < -0.3 is 5.73 Å². The summed E-state index contributed by atoms with van der Waals surface area (Å²) in [5.74, 6) is 0. The van der Waals surface area contributed by atoms with E-state index in [1.54, 1.807) is 6.21 Å². The molecule has 0 aliphatic rings.